The number of aryl methyl sites for hydroxylation is 1. The normalized spacial score (nSPS) is 22.0. The number of hydrogen-bond acceptors (Lipinski definition) is 6. The van der Waals surface area contributed by atoms with Crippen LogP contribution in [0.4, 0.5) is 0 Å². The van der Waals surface area contributed by atoms with Gasteiger partial charge in [-0.25, -0.2) is 23.1 Å². The zero-order chi connectivity index (χ0) is 17.3. The summed E-state index contributed by atoms with van der Waals surface area (Å²) < 4.78 is 34.5. The summed E-state index contributed by atoms with van der Waals surface area (Å²) in [6, 6.07) is 2.99. The first-order valence-corrected chi connectivity index (χ1v) is 9.05. The Morgan fingerprint density at radius 2 is 2.12 bits per heavy atom. The van der Waals surface area contributed by atoms with E-state index >= 15 is 0 Å². The number of ether oxygens (including phenoxy) is 1. The largest absolute Gasteiger partial charge is 0.481 e. The van der Waals surface area contributed by atoms with Gasteiger partial charge in [0.25, 0.3) is 10.0 Å². The molecule has 1 aliphatic carbocycles. The molecule has 0 saturated heterocycles. The molecule has 2 heterocycles. The molecule has 1 saturated carbocycles. The molecule has 1 atom stereocenters. The summed E-state index contributed by atoms with van der Waals surface area (Å²) >= 11 is 0. The molecular formula is C15H20N4O4S. The van der Waals surface area contributed by atoms with Crippen LogP contribution in [-0.4, -0.2) is 41.3 Å². The minimum Gasteiger partial charge on any atom is -0.481 e. The molecule has 1 fully saturated rings. The number of methoxy groups -OCH3 is 1. The van der Waals surface area contributed by atoms with E-state index in [1.807, 2.05) is 0 Å². The summed E-state index contributed by atoms with van der Waals surface area (Å²) in [5.41, 5.74) is 0.729. The summed E-state index contributed by atoms with van der Waals surface area (Å²) in [6.45, 7) is 0. The van der Waals surface area contributed by atoms with Crippen molar-refractivity contribution < 1.29 is 18.3 Å². The van der Waals surface area contributed by atoms with E-state index in [0.717, 1.165) is 5.56 Å². The first kappa shape index (κ1) is 16.9. The maximum atomic E-state index is 12.6. The van der Waals surface area contributed by atoms with E-state index in [4.69, 9.17) is 4.74 Å². The van der Waals surface area contributed by atoms with E-state index in [0.29, 0.717) is 18.7 Å². The number of nitrogens with one attached hydrogen (secondary N) is 1. The molecule has 8 nitrogen and oxygen atoms in total. The average molecular weight is 352 g/mol. The van der Waals surface area contributed by atoms with Crippen molar-refractivity contribution in [3.8, 4) is 5.88 Å². The standard InChI is InChI=1S/C15H20N4O4S/c1-19-8-14(17-9-19)24(21,22)18-15(11-5-12(20)6-11)10-3-4-13(23-2)16-7-10/h3-4,7-9,11-12,15,18,20H,5-6H2,1-2H3. The minimum atomic E-state index is -3.76. The molecule has 2 N–H and O–H groups in total. The molecule has 24 heavy (non-hydrogen) atoms. The number of aliphatic hydroxyl groups is 1. The Labute approximate surface area is 140 Å². The van der Waals surface area contributed by atoms with Crippen LogP contribution in [0.25, 0.3) is 0 Å². The fraction of sp³-hybridized carbons (Fsp3) is 0.467. The Kier molecular flexibility index (Phi) is 4.57. The number of aliphatic hydroxyl groups excluding tert-OH is 1. The molecule has 0 aromatic carbocycles. The Morgan fingerprint density at radius 1 is 1.38 bits per heavy atom. The Balaban J connectivity index is 1.87. The lowest BCUT2D eigenvalue weighted by molar-refractivity contribution is 0.0279. The van der Waals surface area contributed by atoms with E-state index < -0.39 is 16.1 Å². The molecule has 1 aliphatic rings. The van der Waals surface area contributed by atoms with Gasteiger partial charge in [-0.05, 0) is 24.3 Å². The highest BCUT2D eigenvalue weighted by molar-refractivity contribution is 7.89. The van der Waals surface area contributed by atoms with Crippen LogP contribution in [0.1, 0.15) is 24.4 Å². The summed E-state index contributed by atoms with van der Waals surface area (Å²) in [6.07, 6.45) is 5.17. The van der Waals surface area contributed by atoms with Crippen molar-refractivity contribution in [3.63, 3.8) is 0 Å². The van der Waals surface area contributed by atoms with Crippen LogP contribution in [-0.2, 0) is 17.1 Å². The van der Waals surface area contributed by atoms with Crippen molar-refractivity contribution in [2.24, 2.45) is 13.0 Å². The second-order valence-electron chi connectivity index (χ2n) is 6.00. The van der Waals surface area contributed by atoms with Gasteiger partial charge < -0.3 is 14.4 Å². The van der Waals surface area contributed by atoms with Crippen molar-refractivity contribution in [1.82, 2.24) is 19.3 Å². The van der Waals surface area contributed by atoms with Crippen molar-refractivity contribution in [2.75, 3.05) is 7.11 Å². The molecule has 2 aromatic heterocycles. The summed E-state index contributed by atoms with van der Waals surface area (Å²) in [7, 11) is -0.537. The zero-order valence-electron chi connectivity index (χ0n) is 13.5. The maximum absolute atomic E-state index is 12.6. The monoisotopic (exact) mass is 352 g/mol. The topological polar surface area (TPSA) is 106 Å². The highest BCUT2D eigenvalue weighted by atomic mass is 32.2. The second kappa shape index (κ2) is 6.50. The summed E-state index contributed by atoms with van der Waals surface area (Å²) in [5.74, 6) is 0.465. The van der Waals surface area contributed by atoms with Crippen molar-refractivity contribution in [1.29, 1.82) is 0 Å². The molecule has 3 rings (SSSR count). The van der Waals surface area contributed by atoms with E-state index in [2.05, 4.69) is 14.7 Å². The highest BCUT2D eigenvalue weighted by Gasteiger charge is 2.37. The minimum absolute atomic E-state index is 0.00804. The number of pyridine rings is 1. The SMILES string of the molecule is COc1ccc(C(NS(=O)(=O)c2cn(C)cn2)C2CC(O)C2)cn1. The molecule has 1 unspecified atom stereocenters. The van der Waals surface area contributed by atoms with Gasteiger partial charge in [-0.2, -0.15) is 0 Å². The van der Waals surface area contributed by atoms with Gasteiger partial charge in [-0.1, -0.05) is 6.07 Å². The third-order valence-electron chi connectivity index (χ3n) is 4.19. The summed E-state index contributed by atoms with van der Waals surface area (Å²) in [5, 5.41) is 9.56. The quantitative estimate of drug-likeness (QED) is 0.789. The molecular weight excluding hydrogens is 332 g/mol. The van der Waals surface area contributed by atoms with Gasteiger partial charge in [0.1, 0.15) is 0 Å². The number of rotatable bonds is 6. The number of aromatic nitrogens is 3. The molecule has 0 amide bonds. The number of hydrogen-bond donors (Lipinski definition) is 2. The first-order valence-electron chi connectivity index (χ1n) is 7.57. The van der Waals surface area contributed by atoms with E-state index in [1.165, 1.54) is 19.6 Å². The van der Waals surface area contributed by atoms with Gasteiger partial charge in [0, 0.05) is 25.5 Å². The first-order chi connectivity index (χ1) is 11.4. The predicted molar refractivity (Wildman–Crippen MR) is 85.8 cm³/mol. The van der Waals surface area contributed by atoms with E-state index in [1.54, 1.807) is 29.9 Å². The zero-order valence-corrected chi connectivity index (χ0v) is 14.3. The van der Waals surface area contributed by atoms with Crippen LogP contribution >= 0.6 is 0 Å². The van der Waals surface area contributed by atoms with Gasteiger partial charge in [0.15, 0.2) is 5.03 Å². The van der Waals surface area contributed by atoms with Crippen LogP contribution in [0.3, 0.4) is 0 Å². The molecule has 9 heteroatoms. The fourth-order valence-electron chi connectivity index (χ4n) is 2.79. The van der Waals surface area contributed by atoms with Crippen molar-refractivity contribution in [2.45, 2.75) is 30.0 Å². The molecule has 130 valence electrons. The van der Waals surface area contributed by atoms with E-state index in [-0.39, 0.29) is 17.0 Å². The molecule has 0 bridgehead atoms. The van der Waals surface area contributed by atoms with Gasteiger partial charge >= 0.3 is 0 Å². The van der Waals surface area contributed by atoms with Crippen LogP contribution in [0.5, 0.6) is 5.88 Å². The van der Waals surface area contributed by atoms with Crippen LogP contribution in [0.2, 0.25) is 0 Å². The van der Waals surface area contributed by atoms with Gasteiger partial charge in [-0.15, -0.1) is 0 Å². The third-order valence-corrected chi connectivity index (χ3v) is 5.51. The third kappa shape index (κ3) is 3.42. The van der Waals surface area contributed by atoms with Gasteiger partial charge in [0.05, 0.1) is 25.6 Å². The molecule has 0 spiro atoms. The average Bonchev–Trinajstić information content (AvgIpc) is 2.97. The Morgan fingerprint density at radius 3 is 2.62 bits per heavy atom. The molecule has 0 radical (unpaired) electrons. The molecule has 0 aliphatic heterocycles. The van der Waals surface area contributed by atoms with Gasteiger partial charge in [0.2, 0.25) is 5.88 Å². The number of imidazole rings is 1. The smallest absolute Gasteiger partial charge is 0.260 e. The van der Waals surface area contributed by atoms with Crippen molar-refractivity contribution >= 4 is 10.0 Å². The lowest BCUT2D eigenvalue weighted by atomic mass is 9.76. The predicted octanol–water partition coefficient (Wildman–Crippen LogP) is 0.614. The lowest BCUT2D eigenvalue weighted by Crippen LogP contribution is -2.41. The van der Waals surface area contributed by atoms with Crippen molar-refractivity contribution in [3.05, 3.63) is 36.4 Å². The number of nitrogens with zero attached hydrogens (tertiary/aromatic N) is 3. The number of sulfonamides is 1. The van der Waals surface area contributed by atoms with Crippen LogP contribution < -0.4 is 9.46 Å². The maximum Gasteiger partial charge on any atom is 0.260 e. The fourth-order valence-corrected chi connectivity index (χ4v) is 4.06. The molecule has 2 aromatic rings. The van der Waals surface area contributed by atoms with Gasteiger partial charge in [-0.3, -0.25) is 0 Å². The Bertz CT molecular complexity index is 797. The second-order valence-corrected chi connectivity index (χ2v) is 7.66. The van der Waals surface area contributed by atoms with Crippen LogP contribution in [0.15, 0.2) is 35.9 Å². The van der Waals surface area contributed by atoms with E-state index in [9.17, 15) is 13.5 Å². The highest BCUT2D eigenvalue weighted by Crippen LogP contribution is 2.38. The summed E-state index contributed by atoms with van der Waals surface area (Å²) in [4.78, 5) is 8.05. The van der Waals surface area contributed by atoms with Crippen LogP contribution in [0, 0.1) is 5.92 Å². The lowest BCUT2D eigenvalue weighted by Gasteiger charge is -2.37. The Hall–Kier alpha value is -1.97.